The van der Waals surface area contributed by atoms with Crippen molar-refractivity contribution in [3.8, 4) is 0 Å². The first-order valence-corrected chi connectivity index (χ1v) is 4.05. The Labute approximate surface area is 68.9 Å². The second kappa shape index (κ2) is 9.04. The highest BCUT2D eigenvalue weighted by Gasteiger charge is 2.00. The maximum atomic E-state index is 8.88. The molecule has 0 fully saturated rings. The maximum Gasteiger partial charge on any atom is 0.466 e. The Hall–Kier alpha value is -0.0500. The molecule has 0 saturated heterocycles. The fraction of sp³-hybridized carbons (Fsp3) is 1.00. The molecule has 9 N–H and O–H groups in total. The molecule has 0 rings (SSSR count). The van der Waals surface area contributed by atoms with E-state index in [1.54, 1.807) is 0 Å². The van der Waals surface area contributed by atoms with E-state index in [-0.39, 0.29) is 19.4 Å². The second-order valence-corrected chi connectivity index (χ2v) is 2.56. The average Bonchev–Trinajstić information content (AvgIpc) is 1.83. The van der Waals surface area contributed by atoms with E-state index in [1.807, 2.05) is 0 Å². The quantitative estimate of drug-likeness (QED) is 0.244. The summed E-state index contributed by atoms with van der Waals surface area (Å²) >= 11 is 0. The lowest BCUT2D eigenvalue weighted by Crippen LogP contribution is -2.15. The third kappa shape index (κ3) is 51.1. The standard InChI is InChI=1S/C3H8O3.H3N.H3O4P/c4-1-3(6)2-5;;1-5(2,3)4/h3-6H,1-2H2;1H3;(H3,1,2,3,4). The lowest BCUT2D eigenvalue weighted by molar-refractivity contribution is 0.0450. The molecule has 0 aromatic rings. The number of rotatable bonds is 2. The fourth-order valence-corrected chi connectivity index (χ4v) is 0.0577. The Kier molecular flexibility index (Phi) is 13.5. The van der Waals surface area contributed by atoms with Crippen molar-refractivity contribution < 1.29 is 34.6 Å². The highest BCUT2D eigenvalue weighted by molar-refractivity contribution is 7.45. The van der Waals surface area contributed by atoms with E-state index < -0.39 is 13.9 Å². The molecule has 0 heterocycles. The van der Waals surface area contributed by atoms with Crippen LogP contribution in [0.3, 0.4) is 0 Å². The summed E-state index contributed by atoms with van der Waals surface area (Å²) in [6.45, 7) is -0.729. The van der Waals surface area contributed by atoms with Crippen molar-refractivity contribution >= 4 is 7.82 Å². The zero-order valence-electron chi connectivity index (χ0n) is 6.24. The Morgan fingerprint density at radius 3 is 1.25 bits per heavy atom. The number of hydrogen-bond acceptors (Lipinski definition) is 5. The Morgan fingerprint density at radius 1 is 1.08 bits per heavy atom. The summed E-state index contributed by atoms with van der Waals surface area (Å²) in [5.74, 6) is 0. The molecule has 9 heteroatoms. The molecule has 0 aromatic heterocycles. The normalized spacial score (nSPS) is 9.92. The van der Waals surface area contributed by atoms with Crippen LogP contribution in [0.2, 0.25) is 0 Å². The van der Waals surface area contributed by atoms with Gasteiger partial charge in [0.15, 0.2) is 0 Å². The third-order valence-corrected chi connectivity index (χ3v) is 0.421. The number of aliphatic hydroxyl groups excluding tert-OH is 3. The van der Waals surface area contributed by atoms with E-state index in [0.29, 0.717) is 0 Å². The van der Waals surface area contributed by atoms with Crippen LogP contribution in [-0.4, -0.2) is 49.3 Å². The highest BCUT2D eigenvalue weighted by Crippen LogP contribution is 2.25. The molecule has 12 heavy (non-hydrogen) atoms. The fourth-order valence-electron chi connectivity index (χ4n) is 0.0577. The topological polar surface area (TPSA) is 173 Å². The van der Waals surface area contributed by atoms with Crippen molar-refractivity contribution in [1.29, 1.82) is 0 Å². The molecule has 0 aromatic carbocycles. The molecule has 8 nitrogen and oxygen atoms in total. The van der Waals surface area contributed by atoms with E-state index in [2.05, 4.69) is 0 Å². The molecule has 0 bridgehead atoms. The average molecular weight is 207 g/mol. The minimum absolute atomic E-state index is 0. The zero-order valence-corrected chi connectivity index (χ0v) is 7.13. The van der Waals surface area contributed by atoms with Crippen molar-refractivity contribution in [2.24, 2.45) is 0 Å². The van der Waals surface area contributed by atoms with Gasteiger partial charge in [0, 0.05) is 0 Å². The maximum absolute atomic E-state index is 8.88. The molecule has 0 saturated carbocycles. The van der Waals surface area contributed by atoms with Gasteiger partial charge in [0.1, 0.15) is 6.10 Å². The van der Waals surface area contributed by atoms with Crippen molar-refractivity contribution in [2.45, 2.75) is 6.10 Å². The first kappa shape index (κ1) is 17.9. The summed E-state index contributed by atoms with van der Waals surface area (Å²) in [5.41, 5.74) is 0. The van der Waals surface area contributed by atoms with Gasteiger partial charge in [0.25, 0.3) is 0 Å². The number of hydrogen-bond donors (Lipinski definition) is 7. The molecule has 0 atom stereocenters. The minimum Gasteiger partial charge on any atom is -0.394 e. The molecule has 0 radical (unpaired) electrons. The predicted octanol–water partition coefficient (Wildman–Crippen LogP) is -2.43. The van der Waals surface area contributed by atoms with Crippen LogP contribution in [0.1, 0.15) is 0 Å². The van der Waals surface area contributed by atoms with Gasteiger partial charge in [-0.05, 0) is 0 Å². The summed E-state index contributed by atoms with van der Waals surface area (Å²) in [4.78, 5) is 21.6. The first-order chi connectivity index (χ1) is 4.81. The molecule has 0 unspecified atom stereocenters. The highest BCUT2D eigenvalue weighted by atomic mass is 31.2. The SMILES string of the molecule is N.O=P(O)(O)O.OCC(O)CO. The van der Waals surface area contributed by atoms with Gasteiger partial charge in [0.05, 0.1) is 13.2 Å². The van der Waals surface area contributed by atoms with Gasteiger partial charge < -0.3 is 36.2 Å². The van der Waals surface area contributed by atoms with E-state index in [9.17, 15) is 0 Å². The van der Waals surface area contributed by atoms with Gasteiger partial charge in [-0.2, -0.15) is 0 Å². The molecule has 0 aliphatic heterocycles. The van der Waals surface area contributed by atoms with Gasteiger partial charge in [-0.1, -0.05) is 0 Å². The lowest BCUT2D eigenvalue weighted by atomic mass is 10.4. The van der Waals surface area contributed by atoms with Gasteiger partial charge in [-0.15, -0.1) is 0 Å². The molecule has 0 aliphatic carbocycles. The lowest BCUT2D eigenvalue weighted by Gasteiger charge is -1.96. The van der Waals surface area contributed by atoms with E-state index >= 15 is 0 Å². The van der Waals surface area contributed by atoms with Crippen molar-refractivity contribution in [2.75, 3.05) is 13.2 Å². The Morgan fingerprint density at radius 2 is 1.25 bits per heavy atom. The third-order valence-electron chi connectivity index (χ3n) is 0.421. The number of aliphatic hydroxyl groups is 3. The van der Waals surface area contributed by atoms with Gasteiger partial charge in [-0.25, -0.2) is 4.57 Å². The number of phosphoric acid groups is 1. The van der Waals surface area contributed by atoms with Gasteiger partial charge >= 0.3 is 7.82 Å². The molecular weight excluding hydrogens is 193 g/mol. The first-order valence-electron chi connectivity index (χ1n) is 2.49. The van der Waals surface area contributed by atoms with Crippen molar-refractivity contribution in [1.82, 2.24) is 6.15 Å². The largest absolute Gasteiger partial charge is 0.466 e. The summed E-state index contributed by atoms with van der Waals surface area (Å²) in [6.07, 6.45) is -0.954. The van der Waals surface area contributed by atoms with Crippen LogP contribution >= 0.6 is 7.82 Å². The molecule has 0 amide bonds. The van der Waals surface area contributed by atoms with Crippen LogP contribution in [-0.2, 0) is 4.57 Å². The molecular formula is C3H14NO7P. The summed E-state index contributed by atoms with van der Waals surface area (Å²) in [7, 11) is -4.64. The van der Waals surface area contributed by atoms with Crippen LogP contribution in [0.15, 0.2) is 0 Å². The summed E-state index contributed by atoms with van der Waals surface area (Å²) in [6, 6.07) is 0. The molecule has 78 valence electrons. The van der Waals surface area contributed by atoms with Crippen LogP contribution in [0.5, 0.6) is 0 Å². The molecule has 0 spiro atoms. The van der Waals surface area contributed by atoms with Crippen LogP contribution in [0.4, 0.5) is 0 Å². The van der Waals surface area contributed by atoms with Gasteiger partial charge in [-0.3, -0.25) is 0 Å². The van der Waals surface area contributed by atoms with Crippen molar-refractivity contribution in [3.63, 3.8) is 0 Å². The monoisotopic (exact) mass is 207 g/mol. The van der Waals surface area contributed by atoms with Crippen LogP contribution in [0.25, 0.3) is 0 Å². The summed E-state index contributed by atoms with van der Waals surface area (Å²) in [5, 5.41) is 24.0. The smallest absolute Gasteiger partial charge is 0.394 e. The van der Waals surface area contributed by atoms with E-state index in [1.165, 1.54) is 0 Å². The van der Waals surface area contributed by atoms with Crippen molar-refractivity contribution in [3.05, 3.63) is 0 Å². The Balaban J connectivity index is -0.000000126. The zero-order chi connectivity index (χ0) is 9.49. The van der Waals surface area contributed by atoms with Crippen LogP contribution < -0.4 is 6.15 Å². The van der Waals surface area contributed by atoms with Gasteiger partial charge in [0.2, 0.25) is 0 Å². The van der Waals surface area contributed by atoms with Crippen LogP contribution in [0, 0.1) is 0 Å². The predicted molar refractivity (Wildman–Crippen MR) is 39.5 cm³/mol. The Bertz CT molecular complexity index is 112. The van der Waals surface area contributed by atoms with E-state index in [4.69, 9.17) is 34.6 Å². The minimum atomic E-state index is -4.64. The second-order valence-electron chi connectivity index (χ2n) is 1.53. The van der Waals surface area contributed by atoms with E-state index in [0.717, 1.165) is 0 Å². The molecule has 0 aliphatic rings. The summed E-state index contributed by atoms with van der Waals surface area (Å²) < 4.78 is 8.88.